The van der Waals surface area contributed by atoms with Gasteiger partial charge in [-0.25, -0.2) is 8.42 Å². The Bertz CT molecular complexity index is 838. The van der Waals surface area contributed by atoms with Crippen LogP contribution in [-0.2, 0) is 21.2 Å². The average Bonchev–Trinajstić information content (AvgIpc) is 2.54. The van der Waals surface area contributed by atoms with Crippen LogP contribution >= 0.6 is 0 Å². The number of carbonyl (C=O) groups is 1. The Morgan fingerprint density at radius 3 is 2.36 bits per heavy atom. The second-order valence-electron chi connectivity index (χ2n) is 5.02. The van der Waals surface area contributed by atoms with Crippen molar-refractivity contribution in [2.24, 2.45) is 0 Å². The molecule has 0 saturated carbocycles. The molecule has 0 aromatic heterocycles. The van der Waals surface area contributed by atoms with Crippen molar-refractivity contribution in [2.45, 2.75) is 24.3 Å². The minimum atomic E-state index is -4.01. The van der Waals surface area contributed by atoms with Crippen LogP contribution < -0.4 is 9.46 Å². The fourth-order valence-electron chi connectivity index (χ4n) is 2.04. The van der Waals surface area contributed by atoms with E-state index in [-0.39, 0.29) is 29.2 Å². The number of carboxylic acid groups (broad SMARTS) is 1. The fourth-order valence-corrected chi connectivity index (χ4v) is 3.11. The molecule has 2 N–H and O–H groups in total. The lowest BCUT2D eigenvalue weighted by molar-refractivity contribution is -0.136. The molecule has 9 heteroatoms. The molecule has 0 unspecified atom stereocenters. The molecule has 0 atom stereocenters. The van der Waals surface area contributed by atoms with Crippen molar-refractivity contribution in [3.63, 3.8) is 0 Å². The zero-order chi connectivity index (χ0) is 18.4. The summed E-state index contributed by atoms with van der Waals surface area (Å²) in [7, 11) is -4.01. The SMILES string of the molecule is O=C(O)CCc1ccc(S(=O)(=O)Nc2ccccc2OC(F)F)cc1. The molecule has 6 nitrogen and oxygen atoms in total. The van der Waals surface area contributed by atoms with Gasteiger partial charge in [-0.1, -0.05) is 24.3 Å². The molecule has 0 aliphatic rings. The monoisotopic (exact) mass is 371 g/mol. The van der Waals surface area contributed by atoms with Crippen LogP contribution in [0.4, 0.5) is 14.5 Å². The molecule has 0 bridgehead atoms. The first-order valence-corrected chi connectivity index (χ1v) is 8.63. The molecule has 0 aliphatic heterocycles. The minimum absolute atomic E-state index is 0.0668. The maximum Gasteiger partial charge on any atom is 0.387 e. The summed E-state index contributed by atoms with van der Waals surface area (Å²) in [5, 5.41) is 8.64. The van der Waals surface area contributed by atoms with Crippen molar-refractivity contribution in [2.75, 3.05) is 4.72 Å². The van der Waals surface area contributed by atoms with Gasteiger partial charge in [-0.15, -0.1) is 0 Å². The number of sulfonamides is 1. The van der Waals surface area contributed by atoms with E-state index in [1.807, 2.05) is 0 Å². The van der Waals surface area contributed by atoms with Gasteiger partial charge in [0.2, 0.25) is 0 Å². The number of benzene rings is 2. The maximum atomic E-state index is 12.4. The Balaban J connectivity index is 2.18. The Hall–Kier alpha value is -2.68. The number of anilines is 1. The third kappa shape index (κ3) is 5.42. The van der Waals surface area contributed by atoms with E-state index in [1.54, 1.807) is 0 Å². The van der Waals surface area contributed by atoms with Crippen LogP contribution in [0.5, 0.6) is 5.75 Å². The van der Waals surface area contributed by atoms with Gasteiger partial charge in [0.1, 0.15) is 5.75 Å². The lowest BCUT2D eigenvalue weighted by atomic mass is 10.1. The molecule has 2 aromatic rings. The molecule has 0 saturated heterocycles. The number of halogens is 2. The first-order chi connectivity index (χ1) is 11.8. The first kappa shape index (κ1) is 18.7. The van der Waals surface area contributed by atoms with E-state index < -0.39 is 22.6 Å². The van der Waals surface area contributed by atoms with Crippen LogP contribution in [0.15, 0.2) is 53.4 Å². The summed E-state index contributed by atoms with van der Waals surface area (Å²) < 4.78 is 56.0. The van der Waals surface area contributed by atoms with Crippen molar-refractivity contribution < 1.29 is 31.8 Å². The molecule has 0 amide bonds. The molecule has 134 valence electrons. The lowest BCUT2D eigenvalue weighted by Gasteiger charge is -2.13. The van der Waals surface area contributed by atoms with E-state index in [1.165, 1.54) is 48.5 Å². The molecule has 0 aliphatic carbocycles. The predicted molar refractivity (Wildman–Crippen MR) is 86.3 cm³/mol. The van der Waals surface area contributed by atoms with Gasteiger partial charge >= 0.3 is 12.6 Å². The quantitative estimate of drug-likeness (QED) is 0.744. The Morgan fingerprint density at radius 1 is 1.12 bits per heavy atom. The minimum Gasteiger partial charge on any atom is -0.481 e. The average molecular weight is 371 g/mol. The molecular weight excluding hydrogens is 356 g/mol. The van der Waals surface area contributed by atoms with E-state index in [4.69, 9.17) is 5.11 Å². The third-order valence-corrected chi connectivity index (χ3v) is 4.59. The summed E-state index contributed by atoms with van der Waals surface area (Å²) in [4.78, 5) is 10.5. The van der Waals surface area contributed by atoms with Gasteiger partial charge in [0.05, 0.1) is 10.6 Å². The standard InChI is InChI=1S/C16H15F2NO5S/c17-16(18)24-14-4-2-1-3-13(14)19-25(22,23)12-8-5-11(6-9-12)7-10-15(20)21/h1-6,8-9,16,19H,7,10H2,(H,20,21). The number of hydrogen-bond donors (Lipinski definition) is 2. The molecule has 2 rings (SSSR count). The number of alkyl halides is 2. The second kappa shape index (κ2) is 7.93. The molecule has 0 fully saturated rings. The lowest BCUT2D eigenvalue weighted by Crippen LogP contribution is -2.14. The van der Waals surface area contributed by atoms with Crippen LogP contribution in [0.2, 0.25) is 0 Å². The van der Waals surface area contributed by atoms with Crippen molar-refractivity contribution >= 4 is 21.7 Å². The van der Waals surface area contributed by atoms with Gasteiger partial charge in [-0.3, -0.25) is 9.52 Å². The Labute approximate surface area is 143 Å². The van der Waals surface area contributed by atoms with Crippen molar-refractivity contribution in [1.82, 2.24) is 0 Å². The Kier molecular flexibility index (Phi) is 5.92. The number of ether oxygens (including phenoxy) is 1. The van der Waals surface area contributed by atoms with Gasteiger partial charge in [0.25, 0.3) is 10.0 Å². The number of carboxylic acids is 1. The highest BCUT2D eigenvalue weighted by Crippen LogP contribution is 2.28. The summed E-state index contributed by atoms with van der Waals surface area (Å²) in [6.07, 6.45) is 0.205. The highest BCUT2D eigenvalue weighted by molar-refractivity contribution is 7.92. The normalized spacial score (nSPS) is 11.3. The summed E-state index contributed by atoms with van der Waals surface area (Å²) >= 11 is 0. The Morgan fingerprint density at radius 2 is 1.76 bits per heavy atom. The van der Waals surface area contributed by atoms with Crippen LogP contribution in [-0.4, -0.2) is 26.1 Å². The van der Waals surface area contributed by atoms with Crippen LogP contribution in [0.25, 0.3) is 0 Å². The molecule has 0 heterocycles. The van der Waals surface area contributed by atoms with Gasteiger partial charge in [0, 0.05) is 6.42 Å². The number of hydrogen-bond acceptors (Lipinski definition) is 4. The van der Waals surface area contributed by atoms with Crippen molar-refractivity contribution in [1.29, 1.82) is 0 Å². The molecule has 25 heavy (non-hydrogen) atoms. The summed E-state index contributed by atoms with van der Waals surface area (Å²) in [6.45, 7) is -3.08. The van der Waals surface area contributed by atoms with Crippen LogP contribution in [0.1, 0.15) is 12.0 Å². The van der Waals surface area contributed by atoms with Gasteiger partial charge in [-0.2, -0.15) is 8.78 Å². The summed E-state index contributed by atoms with van der Waals surface area (Å²) in [6, 6.07) is 11.1. The topological polar surface area (TPSA) is 92.7 Å². The zero-order valence-corrected chi connectivity index (χ0v) is 13.7. The number of rotatable bonds is 8. The molecule has 0 radical (unpaired) electrons. The van der Waals surface area contributed by atoms with E-state index in [9.17, 15) is 22.0 Å². The zero-order valence-electron chi connectivity index (χ0n) is 12.9. The summed E-state index contributed by atoms with van der Waals surface area (Å²) in [5.41, 5.74) is 0.556. The number of para-hydroxylation sites is 2. The van der Waals surface area contributed by atoms with E-state index in [0.29, 0.717) is 5.56 Å². The van der Waals surface area contributed by atoms with Gasteiger partial charge in [-0.05, 0) is 36.2 Å². The van der Waals surface area contributed by atoms with E-state index in [0.717, 1.165) is 0 Å². The predicted octanol–water partition coefficient (Wildman–Crippen LogP) is 3.11. The van der Waals surface area contributed by atoms with E-state index in [2.05, 4.69) is 9.46 Å². The third-order valence-electron chi connectivity index (χ3n) is 3.21. The fraction of sp³-hybridized carbons (Fsp3) is 0.188. The maximum absolute atomic E-state index is 12.4. The van der Waals surface area contributed by atoms with Crippen LogP contribution in [0.3, 0.4) is 0 Å². The highest BCUT2D eigenvalue weighted by Gasteiger charge is 2.18. The number of aryl methyl sites for hydroxylation is 1. The van der Waals surface area contributed by atoms with E-state index >= 15 is 0 Å². The van der Waals surface area contributed by atoms with Gasteiger partial charge in [0.15, 0.2) is 0 Å². The molecule has 0 spiro atoms. The second-order valence-corrected chi connectivity index (χ2v) is 6.70. The smallest absolute Gasteiger partial charge is 0.387 e. The highest BCUT2D eigenvalue weighted by atomic mass is 32.2. The van der Waals surface area contributed by atoms with Crippen molar-refractivity contribution in [3.8, 4) is 5.75 Å². The first-order valence-electron chi connectivity index (χ1n) is 7.15. The number of nitrogens with one attached hydrogen (secondary N) is 1. The van der Waals surface area contributed by atoms with Crippen LogP contribution in [0, 0.1) is 0 Å². The summed E-state index contributed by atoms with van der Waals surface area (Å²) in [5.74, 6) is -1.24. The molecule has 2 aromatic carbocycles. The van der Waals surface area contributed by atoms with Gasteiger partial charge < -0.3 is 9.84 Å². The van der Waals surface area contributed by atoms with Crippen molar-refractivity contribution in [3.05, 3.63) is 54.1 Å². The molecular formula is C16H15F2NO5S. The number of aliphatic carboxylic acids is 1. The largest absolute Gasteiger partial charge is 0.481 e.